The zero-order valence-electron chi connectivity index (χ0n) is 44.8. The molecule has 3 saturated heterocycles. The summed E-state index contributed by atoms with van der Waals surface area (Å²) in [4.78, 5) is 41.2. The van der Waals surface area contributed by atoms with Crippen molar-refractivity contribution >= 4 is 24.0 Å². The van der Waals surface area contributed by atoms with Crippen molar-refractivity contribution in [1.29, 1.82) is 0 Å². The molecule has 9 rings (SSSR count). The van der Waals surface area contributed by atoms with Gasteiger partial charge in [0.1, 0.15) is 66.1 Å². The van der Waals surface area contributed by atoms with E-state index in [1.165, 1.54) is 18.2 Å². The number of carboxylic acids is 1. The number of carbonyl (C=O) groups excluding carboxylic acids is 2. The Labute approximate surface area is 447 Å². The van der Waals surface area contributed by atoms with E-state index in [4.69, 9.17) is 33.2 Å². The number of ether oxygens (including phenoxy) is 7. The van der Waals surface area contributed by atoms with Crippen molar-refractivity contribution in [3.05, 3.63) is 47.6 Å². The molecule has 21 heteroatoms. The van der Waals surface area contributed by atoms with Crippen molar-refractivity contribution < 1.29 is 104 Å². The summed E-state index contributed by atoms with van der Waals surface area (Å²) >= 11 is 0. The van der Waals surface area contributed by atoms with Crippen LogP contribution in [0.1, 0.15) is 112 Å². The number of aliphatic hydroxyl groups is 9. The zero-order valence-corrected chi connectivity index (χ0v) is 44.8. The van der Waals surface area contributed by atoms with Gasteiger partial charge in [0, 0.05) is 6.08 Å². The molecule has 5 aliphatic carbocycles. The second-order valence-corrected chi connectivity index (χ2v) is 25.5. The van der Waals surface area contributed by atoms with Crippen LogP contribution in [0, 0.1) is 50.2 Å². The predicted molar refractivity (Wildman–Crippen MR) is 267 cm³/mol. The van der Waals surface area contributed by atoms with Crippen LogP contribution in [-0.4, -0.2) is 186 Å². The number of hydrogen-bond acceptors (Lipinski definition) is 20. The SMILES string of the molecule is CC1(C)CCC2(C(=O)OC3OCC(O)C(OC4OC(CO)C(O)C(O)C4O)C3OC(=O)/C=C/c3ccc(O)cc3)C(O)CC3(C)C(=CCC4C5(C)CCC(OC6OC(C(=O)O)C(O)C(O)C6O)C(C)(C)C5CCC43C)C2C1. The minimum Gasteiger partial charge on any atom is -0.508 e. The number of allylic oxidation sites excluding steroid dienone is 2. The summed E-state index contributed by atoms with van der Waals surface area (Å²) in [5.41, 5.74) is -2.05. The lowest BCUT2D eigenvalue weighted by Crippen LogP contribution is -2.68. The molecular formula is C56H80O21. The van der Waals surface area contributed by atoms with E-state index in [2.05, 4.69) is 54.5 Å². The first-order chi connectivity index (χ1) is 36.0. The van der Waals surface area contributed by atoms with Gasteiger partial charge in [0.15, 0.2) is 24.8 Å². The summed E-state index contributed by atoms with van der Waals surface area (Å²) in [6, 6.07) is 5.92. The van der Waals surface area contributed by atoms with Gasteiger partial charge in [-0.15, -0.1) is 0 Å². The number of benzene rings is 1. The number of aliphatic hydroxyl groups excluding tert-OH is 9. The van der Waals surface area contributed by atoms with Crippen molar-refractivity contribution in [2.75, 3.05) is 13.2 Å². The Hall–Kier alpha value is -3.65. The van der Waals surface area contributed by atoms with Gasteiger partial charge in [0.25, 0.3) is 0 Å². The predicted octanol–water partition coefficient (Wildman–Crippen LogP) is 1.81. The average Bonchev–Trinajstić information content (AvgIpc) is 3.45. The summed E-state index contributed by atoms with van der Waals surface area (Å²) in [5, 5.41) is 118. The highest BCUT2D eigenvalue weighted by Crippen LogP contribution is 2.76. The van der Waals surface area contributed by atoms with Crippen molar-refractivity contribution in [2.24, 2.45) is 50.2 Å². The number of phenolic OH excluding ortho intramolecular Hbond substituents is 1. The van der Waals surface area contributed by atoms with Gasteiger partial charge in [-0.3, -0.25) is 4.79 Å². The second kappa shape index (κ2) is 21.0. The number of phenols is 1. The van der Waals surface area contributed by atoms with E-state index in [0.717, 1.165) is 24.5 Å². The van der Waals surface area contributed by atoms with Crippen molar-refractivity contribution in [1.82, 2.24) is 0 Å². The number of rotatable bonds is 11. The second-order valence-electron chi connectivity index (χ2n) is 25.5. The first kappa shape index (κ1) is 58.0. The van der Waals surface area contributed by atoms with Crippen LogP contribution < -0.4 is 0 Å². The van der Waals surface area contributed by atoms with E-state index in [9.17, 15) is 65.8 Å². The van der Waals surface area contributed by atoms with Crippen LogP contribution in [0.5, 0.6) is 5.75 Å². The molecule has 430 valence electrons. The van der Waals surface area contributed by atoms with Gasteiger partial charge < -0.3 is 89.3 Å². The van der Waals surface area contributed by atoms with Gasteiger partial charge in [-0.1, -0.05) is 72.2 Å². The number of carbonyl (C=O) groups is 3. The van der Waals surface area contributed by atoms with Gasteiger partial charge in [-0.25, -0.2) is 9.59 Å². The van der Waals surface area contributed by atoms with Crippen LogP contribution in [0.2, 0.25) is 0 Å². The van der Waals surface area contributed by atoms with E-state index in [1.807, 2.05) is 0 Å². The lowest BCUT2D eigenvalue weighted by Gasteiger charge is -2.71. The first-order valence-corrected chi connectivity index (χ1v) is 27.2. The molecule has 8 aliphatic rings. The smallest absolute Gasteiger partial charge is 0.335 e. The van der Waals surface area contributed by atoms with E-state index in [1.54, 1.807) is 12.1 Å². The Kier molecular flexibility index (Phi) is 15.8. The van der Waals surface area contributed by atoms with Crippen molar-refractivity contribution in [2.45, 2.75) is 204 Å². The molecule has 0 radical (unpaired) electrons. The molecule has 23 unspecified atom stereocenters. The van der Waals surface area contributed by atoms with Crippen LogP contribution in [0.4, 0.5) is 0 Å². The monoisotopic (exact) mass is 1090 g/mol. The maximum absolute atomic E-state index is 15.5. The fraction of sp³-hybridized carbons (Fsp3) is 0.768. The largest absolute Gasteiger partial charge is 0.508 e. The quantitative estimate of drug-likeness (QED) is 0.0651. The van der Waals surface area contributed by atoms with Gasteiger partial charge in [-0.2, -0.15) is 0 Å². The Morgan fingerprint density at radius 1 is 0.714 bits per heavy atom. The molecule has 3 heterocycles. The van der Waals surface area contributed by atoms with Crippen LogP contribution in [-0.2, 0) is 47.5 Å². The maximum atomic E-state index is 15.5. The number of aliphatic carboxylic acids is 1. The normalized spacial score (nSPS) is 47.3. The highest BCUT2D eigenvalue weighted by atomic mass is 16.8. The summed E-state index contributed by atoms with van der Waals surface area (Å²) in [6.45, 7) is 14.0. The minimum atomic E-state index is -1.91. The first-order valence-electron chi connectivity index (χ1n) is 27.2. The lowest BCUT2D eigenvalue weighted by molar-refractivity contribution is -0.347. The maximum Gasteiger partial charge on any atom is 0.335 e. The molecule has 0 bridgehead atoms. The summed E-state index contributed by atoms with van der Waals surface area (Å²) < 4.78 is 41.9. The molecule has 21 nitrogen and oxygen atoms in total. The molecule has 4 saturated carbocycles. The van der Waals surface area contributed by atoms with E-state index in [0.29, 0.717) is 37.7 Å². The van der Waals surface area contributed by atoms with Crippen LogP contribution >= 0.6 is 0 Å². The zero-order chi connectivity index (χ0) is 56.1. The fourth-order valence-electron chi connectivity index (χ4n) is 15.9. The lowest BCUT2D eigenvalue weighted by atomic mass is 9.33. The Morgan fingerprint density at radius 2 is 1.38 bits per heavy atom. The van der Waals surface area contributed by atoms with Gasteiger partial charge in [0.05, 0.1) is 25.4 Å². The highest BCUT2D eigenvalue weighted by Gasteiger charge is 2.72. The molecule has 7 fully saturated rings. The van der Waals surface area contributed by atoms with Crippen molar-refractivity contribution in [3.8, 4) is 5.75 Å². The number of aromatic hydroxyl groups is 1. The Bertz CT molecular complexity index is 2410. The molecule has 0 amide bonds. The average molecular weight is 1090 g/mol. The number of esters is 2. The molecule has 77 heavy (non-hydrogen) atoms. The molecule has 1 aromatic carbocycles. The molecule has 23 atom stereocenters. The van der Waals surface area contributed by atoms with Gasteiger partial charge >= 0.3 is 17.9 Å². The standard InChI is InChI=1S/C56H80O21/c1-51(2)20-21-56(50(70)77-49-45(74-36(61)15-10-26-8-11-27(58)12-9-26)43(30(59)25-71-49)75-47-41(66)38(63)37(62)31(24-57)72-47)29(22-51)28-13-14-33-53(5)18-17-35(73-48-42(67)39(64)40(65)44(76-48)46(68)69)52(3,4)32(53)16-19-54(33,6)55(28,7)23-34(56)60/h8-13,15,29-35,37-45,47-49,57-60,62-67H,14,16-25H2,1-7H3,(H,68,69)/b15-10+. The summed E-state index contributed by atoms with van der Waals surface area (Å²) in [7, 11) is 0. The number of fused-ring (bicyclic) bond motifs is 7. The molecular weight excluding hydrogens is 1010 g/mol. The molecule has 0 spiro atoms. The molecule has 1 aromatic rings. The van der Waals surface area contributed by atoms with E-state index < -0.39 is 157 Å². The number of carboxylic acid groups (broad SMARTS) is 1. The van der Waals surface area contributed by atoms with Crippen LogP contribution in [0.25, 0.3) is 6.08 Å². The van der Waals surface area contributed by atoms with Gasteiger partial charge in [-0.05, 0) is 126 Å². The Morgan fingerprint density at radius 3 is 2.04 bits per heavy atom. The third-order valence-electron chi connectivity index (χ3n) is 20.4. The topological polar surface area (TPSA) is 338 Å². The fourth-order valence-corrected chi connectivity index (χ4v) is 15.9. The number of hydrogen-bond donors (Lipinski definition) is 11. The molecule has 0 aromatic heterocycles. The van der Waals surface area contributed by atoms with E-state index in [-0.39, 0.29) is 41.3 Å². The van der Waals surface area contributed by atoms with Crippen LogP contribution in [0.15, 0.2) is 42.0 Å². The molecule has 11 N–H and O–H groups in total. The van der Waals surface area contributed by atoms with E-state index >= 15 is 4.79 Å². The van der Waals surface area contributed by atoms with Crippen molar-refractivity contribution in [3.63, 3.8) is 0 Å². The third kappa shape index (κ3) is 9.78. The minimum absolute atomic E-state index is 0.00123. The third-order valence-corrected chi connectivity index (χ3v) is 20.4. The summed E-state index contributed by atoms with van der Waals surface area (Å²) in [6.07, 6.45) is -16.2. The Balaban J connectivity index is 1.00. The summed E-state index contributed by atoms with van der Waals surface area (Å²) in [5.74, 6) is -3.66. The molecule has 3 aliphatic heterocycles. The highest BCUT2D eigenvalue weighted by molar-refractivity contribution is 5.87. The van der Waals surface area contributed by atoms with Gasteiger partial charge in [0.2, 0.25) is 6.29 Å². The van der Waals surface area contributed by atoms with Crippen LogP contribution in [0.3, 0.4) is 0 Å².